The van der Waals surface area contributed by atoms with Crippen LogP contribution < -0.4 is 4.90 Å². The Kier molecular flexibility index (Phi) is 4.90. The second-order valence-corrected chi connectivity index (χ2v) is 7.06. The van der Waals surface area contributed by atoms with Gasteiger partial charge < -0.3 is 9.80 Å². The average Bonchev–Trinajstić information content (AvgIpc) is 2.89. The zero-order chi connectivity index (χ0) is 18.0. The van der Waals surface area contributed by atoms with Crippen LogP contribution >= 0.6 is 11.8 Å². The maximum atomic E-state index is 12.5. The molecule has 1 aliphatic rings. The minimum atomic E-state index is -0.916. The van der Waals surface area contributed by atoms with E-state index in [1.165, 1.54) is 16.8 Å². The van der Waals surface area contributed by atoms with Gasteiger partial charge in [-0.15, -0.1) is 0 Å². The van der Waals surface area contributed by atoms with E-state index in [4.69, 9.17) is 0 Å². The Labute approximate surface area is 150 Å². The lowest BCUT2D eigenvalue weighted by Crippen LogP contribution is -2.37. The first-order chi connectivity index (χ1) is 12.0. The molecule has 3 rings (SSSR count). The molecule has 1 atom stereocenters. The van der Waals surface area contributed by atoms with Gasteiger partial charge in [-0.3, -0.25) is 14.4 Å². The van der Waals surface area contributed by atoms with Crippen LogP contribution in [0.25, 0.3) is 0 Å². The SMILES string of the molecule is CN1CC(C(=O)N(C)c2ccc(Sc3ccccc3)cc2)C(=O)C1=O. The molecule has 0 radical (unpaired) electrons. The van der Waals surface area contributed by atoms with Crippen LogP contribution in [0.1, 0.15) is 0 Å². The lowest BCUT2D eigenvalue weighted by atomic mass is 10.1. The Balaban J connectivity index is 1.70. The van der Waals surface area contributed by atoms with Crippen molar-refractivity contribution in [3.8, 4) is 0 Å². The molecule has 0 spiro atoms. The van der Waals surface area contributed by atoms with Crippen molar-refractivity contribution in [2.24, 2.45) is 5.92 Å². The Morgan fingerprint density at radius 2 is 1.64 bits per heavy atom. The topological polar surface area (TPSA) is 57.7 Å². The fourth-order valence-corrected chi connectivity index (χ4v) is 3.53. The largest absolute Gasteiger partial charge is 0.338 e. The normalized spacial score (nSPS) is 17.0. The number of rotatable bonds is 4. The highest BCUT2D eigenvalue weighted by Crippen LogP contribution is 2.29. The van der Waals surface area contributed by atoms with Crippen molar-refractivity contribution in [2.75, 3.05) is 25.5 Å². The quantitative estimate of drug-likeness (QED) is 0.625. The third kappa shape index (κ3) is 3.58. The van der Waals surface area contributed by atoms with Gasteiger partial charge in [0.1, 0.15) is 5.92 Å². The van der Waals surface area contributed by atoms with Gasteiger partial charge in [-0.05, 0) is 36.4 Å². The molecule has 1 unspecified atom stereocenters. The fourth-order valence-electron chi connectivity index (χ4n) is 2.69. The number of nitrogens with zero attached hydrogens (tertiary/aromatic N) is 2. The average molecular weight is 354 g/mol. The van der Waals surface area contributed by atoms with E-state index in [1.54, 1.807) is 18.8 Å². The van der Waals surface area contributed by atoms with Crippen molar-refractivity contribution in [1.82, 2.24) is 4.90 Å². The first-order valence-electron chi connectivity index (χ1n) is 7.87. The minimum absolute atomic E-state index is 0.142. The highest BCUT2D eigenvalue weighted by Gasteiger charge is 2.42. The summed E-state index contributed by atoms with van der Waals surface area (Å²) < 4.78 is 0. The lowest BCUT2D eigenvalue weighted by molar-refractivity contribution is -0.141. The van der Waals surface area contributed by atoms with Crippen LogP contribution in [-0.4, -0.2) is 43.1 Å². The number of amides is 2. The molecular formula is C19H18N2O3S. The van der Waals surface area contributed by atoms with Crippen LogP contribution in [0, 0.1) is 5.92 Å². The molecule has 1 saturated heterocycles. The summed E-state index contributed by atoms with van der Waals surface area (Å²) in [5.74, 6) is -2.50. The predicted molar refractivity (Wildman–Crippen MR) is 96.6 cm³/mol. The van der Waals surface area contributed by atoms with Crippen molar-refractivity contribution in [1.29, 1.82) is 0 Å². The maximum absolute atomic E-state index is 12.5. The lowest BCUT2D eigenvalue weighted by Gasteiger charge is -2.20. The Morgan fingerprint density at radius 3 is 2.20 bits per heavy atom. The van der Waals surface area contributed by atoms with Gasteiger partial charge in [0.2, 0.25) is 11.7 Å². The summed E-state index contributed by atoms with van der Waals surface area (Å²) in [6, 6.07) is 17.6. The van der Waals surface area contributed by atoms with E-state index in [0.29, 0.717) is 5.69 Å². The van der Waals surface area contributed by atoms with Gasteiger partial charge in [0, 0.05) is 36.1 Å². The predicted octanol–water partition coefficient (Wildman–Crippen LogP) is 2.46. The Morgan fingerprint density at radius 1 is 1.04 bits per heavy atom. The first kappa shape index (κ1) is 17.2. The second-order valence-electron chi connectivity index (χ2n) is 5.91. The third-order valence-electron chi connectivity index (χ3n) is 4.16. The number of Topliss-reactive ketones (excluding diaryl/α,β-unsaturated/α-hetero) is 1. The molecule has 0 saturated carbocycles. The van der Waals surface area contributed by atoms with E-state index < -0.39 is 17.6 Å². The zero-order valence-electron chi connectivity index (χ0n) is 14.0. The van der Waals surface area contributed by atoms with Gasteiger partial charge >= 0.3 is 0 Å². The summed E-state index contributed by atoms with van der Waals surface area (Å²) in [5, 5.41) is 0. The van der Waals surface area contributed by atoms with Gasteiger partial charge in [-0.2, -0.15) is 0 Å². The van der Waals surface area contributed by atoms with Crippen molar-refractivity contribution in [3.63, 3.8) is 0 Å². The van der Waals surface area contributed by atoms with Crippen molar-refractivity contribution in [3.05, 3.63) is 54.6 Å². The number of hydrogen-bond acceptors (Lipinski definition) is 4. The number of benzene rings is 2. The zero-order valence-corrected chi connectivity index (χ0v) is 14.8. The number of likely N-dealkylation sites (tertiary alicyclic amines) is 1. The molecule has 128 valence electrons. The smallest absolute Gasteiger partial charge is 0.290 e. The number of carbonyl (C=O) groups is 3. The molecule has 2 amide bonds. The monoisotopic (exact) mass is 354 g/mol. The van der Waals surface area contributed by atoms with Gasteiger partial charge in [0.25, 0.3) is 5.91 Å². The number of ketones is 1. The number of likely N-dealkylation sites (N-methyl/N-ethyl adjacent to an activating group) is 1. The molecule has 2 aromatic carbocycles. The van der Waals surface area contributed by atoms with Gasteiger partial charge in [-0.1, -0.05) is 30.0 Å². The van der Waals surface area contributed by atoms with Crippen LogP contribution in [0.3, 0.4) is 0 Å². The van der Waals surface area contributed by atoms with E-state index in [9.17, 15) is 14.4 Å². The van der Waals surface area contributed by atoms with E-state index in [0.717, 1.165) is 9.79 Å². The van der Waals surface area contributed by atoms with Gasteiger partial charge in [-0.25, -0.2) is 0 Å². The molecule has 1 fully saturated rings. The van der Waals surface area contributed by atoms with Gasteiger partial charge in [0.15, 0.2) is 0 Å². The van der Waals surface area contributed by atoms with Crippen LogP contribution in [-0.2, 0) is 14.4 Å². The Hall–Kier alpha value is -2.60. The van der Waals surface area contributed by atoms with Crippen molar-refractivity contribution >= 4 is 35.0 Å². The van der Waals surface area contributed by atoms with E-state index >= 15 is 0 Å². The molecule has 5 nitrogen and oxygen atoms in total. The molecule has 1 aliphatic heterocycles. The molecule has 0 aromatic heterocycles. The summed E-state index contributed by atoms with van der Waals surface area (Å²) in [6.07, 6.45) is 0. The molecule has 0 bridgehead atoms. The highest BCUT2D eigenvalue weighted by atomic mass is 32.2. The first-order valence-corrected chi connectivity index (χ1v) is 8.69. The van der Waals surface area contributed by atoms with Crippen LogP contribution in [0.15, 0.2) is 64.4 Å². The minimum Gasteiger partial charge on any atom is -0.338 e. The van der Waals surface area contributed by atoms with Gasteiger partial charge in [0.05, 0.1) is 0 Å². The van der Waals surface area contributed by atoms with E-state index in [1.807, 2.05) is 54.6 Å². The number of hydrogen-bond donors (Lipinski definition) is 0. The highest BCUT2D eigenvalue weighted by molar-refractivity contribution is 7.99. The summed E-state index contributed by atoms with van der Waals surface area (Å²) in [5.41, 5.74) is 0.692. The van der Waals surface area contributed by atoms with Crippen molar-refractivity contribution < 1.29 is 14.4 Å². The molecule has 0 aliphatic carbocycles. The van der Waals surface area contributed by atoms with Crippen LogP contribution in [0.5, 0.6) is 0 Å². The Bertz CT molecular complexity index is 805. The molecule has 2 aromatic rings. The van der Waals surface area contributed by atoms with E-state index in [2.05, 4.69) is 0 Å². The molecular weight excluding hydrogens is 336 g/mol. The summed E-state index contributed by atoms with van der Waals surface area (Å²) >= 11 is 1.63. The molecule has 1 heterocycles. The summed E-state index contributed by atoms with van der Waals surface area (Å²) in [6.45, 7) is 0.142. The second kappa shape index (κ2) is 7.11. The third-order valence-corrected chi connectivity index (χ3v) is 5.18. The number of carbonyl (C=O) groups excluding carboxylic acids is 3. The van der Waals surface area contributed by atoms with E-state index in [-0.39, 0.29) is 12.5 Å². The standard InChI is InChI=1S/C19H18N2O3S/c1-20-12-16(17(22)19(20)24)18(23)21(2)13-8-10-15(11-9-13)25-14-6-4-3-5-7-14/h3-11,16H,12H2,1-2H3. The molecule has 0 N–H and O–H groups in total. The fraction of sp³-hybridized carbons (Fsp3) is 0.211. The summed E-state index contributed by atoms with van der Waals surface area (Å²) in [7, 11) is 3.15. The van der Waals surface area contributed by atoms with Crippen LogP contribution in [0.4, 0.5) is 5.69 Å². The molecule has 25 heavy (non-hydrogen) atoms. The van der Waals surface area contributed by atoms with Crippen LogP contribution in [0.2, 0.25) is 0 Å². The molecule has 6 heteroatoms. The number of anilines is 1. The maximum Gasteiger partial charge on any atom is 0.290 e. The van der Waals surface area contributed by atoms with Crippen molar-refractivity contribution in [2.45, 2.75) is 9.79 Å². The summed E-state index contributed by atoms with van der Waals surface area (Å²) in [4.78, 5) is 41.0.